The van der Waals surface area contributed by atoms with Crippen molar-refractivity contribution < 1.29 is 26.7 Å². The van der Waals surface area contributed by atoms with Crippen LogP contribution in [0.4, 0.5) is 33.8 Å². The number of carbonyl (C=O) groups excluding carboxylic acids is 1. The second-order valence-electron chi connectivity index (χ2n) is 5.41. The van der Waals surface area contributed by atoms with Crippen molar-refractivity contribution in [2.75, 3.05) is 17.2 Å². The summed E-state index contributed by atoms with van der Waals surface area (Å²) in [7, 11) is 0. The molecule has 0 aliphatic heterocycles. The van der Waals surface area contributed by atoms with Crippen molar-refractivity contribution in [1.82, 2.24) is 15.0 Å². The maximum Gasteiger partial charge on any atom is 0.408 e. The van der Waals surface area contributed by atoms with Crippen LogP contribution in [0.25, 0.3) is 5.57 Å². The molecule has 2 N–H and O–H groups in total. The molecule has 1 aliphatic rings. The van der Waals surface area contributed by atoms with Gasteiger partial charge in [-0.15, -0.1) is 0 Å². The molecule has 11 heteroatoms. The van der Waals surface area contributed by atoms with E-state index in [0.717, 1.165) is 6.92 Å². The van der Waals surface area contributed by atoms with Crippen molar-refractivity contribution in [3.63, 3.8) is 0 Å². The lowest BCUT2D eigenvalue weighted by atomic mass is 9.95. The van der Waals surface area contributed by atoms with Crippen LogP contribution in [0.1, 0.15) is 32.5 Å². The first-order valence-electron chi connectivity index (χ1n) is 7.54. The monoisotopic (exact) mass is 365 g/mol. The highest BCUT2D eigenvalue weighted by atomic mass is 19.4. The fourth-order valence-electron chi connectivity index (χ4n) is 2.10. The van der Waals surface area contributed by atoms with E-state index in [4.69, 9.17) is 0 Å². The molecule has 2 rings (SSSR count). The first-order chi connectivity index (χ1) is 11.6. The fraction of sp³-hybridized carbons (Fsp3) is 0.571. The maximum absolute atomic E-state index is 14.0. The fourth-order valence-corrected chi connectivity index (χ4v) is 2.10. The molecule has 0 spiro atoms. The molecule has 2 atom stereocenters. The Hall–Kier alpha value is -2.33. The average molecular weight is 365 g/mol. The minimum Gasteiger partial charge on any atom is -0.354 e. The lowest BCUT2D eigenvalue weighted by Crippen LogP contribution is -2.34. The van der Waals surface area contributed by atoms with Gasteiger partial charge in [0.15, 0.2) is 17.8 Å². The smallest absolute Gasteiger partial charge is 0.354 e. The Labute approximate surface area is 139 Å². The Morgan fingerprint density at radius 1 is 1.24 bits per heavy atom. The van der Waals surface area contributed by atoms with Gasteiger partial charge < -0.3 is 10.6 Å². The third-order valence-corrected chi connectivity index (χ3v) is 3.49. The molecule has 0 fully saturated rings. The number of nitrogens with zero attached hydrogens (tertiary/aromatic N) is 3. The molecular weight excluding hydrogens is 349 g/mol. The molecule has 1 aromatic rings. The minimum atomic E-state index is -4.54. The molecule has 1 aliphatic carbocycles. The number of ketones is 1. The summed E-state index contributed by atoms with van der Waals surface area (Å²) < 4.78 is 65.4. The van der Waals surface area contributed by atoms with Crippen LogP contribution in [0.2, 0.25) is 0 Å². The molecule has 0 aromatic carbocycles. The van der Waals surface area contributed by atoms with E-state index in [1.165, 1.54) is 0 Å². The second kappa shape index (κ2) is 7.28. The van der Waals surface area contributed by atoms with Crippen LogP contribution in [0.15, 0.2) is 5.83 Å². The zero-order valence-electron chi connectivity index (χ0n) is 13.4. The first-order valence-corrected chi connectivity index (χ1v) is 7.54. The predicted molar refractivity (Wildman–Crippen MR) is 80.3 cm³/mol. The Bertz CT molecular complexity index is 691. The first kappa shape index (κ1) is 19.0. The van der Waals surface area contributed by atoms with Crippen molar-refractivity contribution in [2.24, 2.45) is 0 Å². The third-order valence-electron chi connectivity index (χ3n) is 3.49. The van der Waals surface area contributed by atoms with Gasteiger partial charge in [-0.05, 0) is 26.7 Å². The van der Waals surface area contributed by atoms with Crippen molar-refractivity contribution in [2.45, 2.75) is 45.1 Å². The minimum absolute atomic E-state index is 0.0838. The number of alkyl halides is 4. The summed E-state index contributed by atoms with van der Waals surface area (Å²) in [5.41, 5.74) is -0.247. The summed E-state index contributed by atoms with van der Waals surface area (Å²) in [6.45, 7) is 2.92. The van der Waals surface area contributed by atoms with Gasteiger partial charge in [0.05, 0.1) is 0 Å². The van der Waals surface area contributed by atoms with E-state index in [1.807, 2.05) is 0 Å². The van der Waals surface area contributed by atoms with Gasteiger partial charge in [-0.2, -0.15) is 28.1 Å². The highest BCUT2D eigenvalue weighted by molar-refractivity contribution is 6.04. The number of allylic oxidation sites excluding steroid dienone is 2. The second-order valence-corrected chi connectivity index (χ2v) is 5.41. The average Bonchev–Trinajstić information content (AvgIpc) is 2.52. The number of hydrogen-bond acceptors (Lipinski definition) is 6. The topological polar surface area (TPSA) is 79.8 Å². The van der Waals surface area contributed by atoms with Crippen LogP contribution in [-0.4, -0.2) is 45.7 Å². The summed E-state index contributed by atoms with van der Waals surface area (Å²) in [6, 6.07) is -1.96. The molecule has 0 saturated heterocycles. The SMILES string of the molecule is CCNc1nc(N[C@H](C)C(F)(F)F)nc(C2=C(F)C(=O)C(F)CC2)n1. The summed E-state index contributed by atoms with van der Waals surface area (Å²) in [6.07, 6.45) is -6.88. The van der Waals surface area contributed by atoms with E-state index >= 15 is 0 Å². The van der Waals surface area contributed by atoms with Crippen molar-refractivity contribution in [1.29, 1.82) is 0 Å². The number of carbonyl (C=O) groups is 1. The van der Waals surface area contributed by atoms with E-state index in [-0.39, 0.29) is 30.2 Å². The highest BCUT2D eigenvalue weighted by Crippen LogP contribution is 2.32. The van der Waals surface area contributed by atoms with Gasteiger partial charge in [0.2, 0.25) is 17.7 Å². The normalized spacial score (nSPS) is 19.8. The van der Waals surface area contributed by atoms with Gasteiger partial charge in [-0.3, -0.25) is 4.79 Å². The third kappa shape index (κ3) is 4.40. The quantitative estimate of drug-likeness (QED) is 0.781. The molecular formula is C14H16F5N5O. The van der Waals surface area contributed by atoms with Crippen LogP contribution in [0.5, 0.6) is 0 Å². The van der Waals surface area contributed by atoms with Crippen molar-refractivity contribution >= 4 is 23.3 Å². The largest absolute Gasteiger partial charge is 0.408 e. The molecule has 6 nitrogen and oxygen atoms in total. The van der Waals surface area contributed by atoms with E-state index in [0.29, 0.717) is 6.54 Å². The van der Waals surface area contributed by atoms with Crippen LogP contribution in [0.3, 0.4) is 0 Å². The van der Waals surface area contributed by atoms with Gasteiger partial charge in [0.25, 0.3) is 0 Å². The number of anilines is 2. The molecule has 1 heterocycles. The maximum atomic E-state index is 14.0. The van der Waals surface area contributed by atoms with E-state index in [1.54, 1.807) is 6.92 Å². The van der Waals surface area contributed by atoms with Crippen LogP contribution in [0, 0.1) is 0 Å². The van der Waals surface area contributed by atoms with Crippen LogP contribution in [-0.2, 0) is 4.79 Å². The summed E-state index contributed by atoms with van der Waals surface area (Å²) >= 11 is 0. The molecule has 0 bridgehead atoms. The Morgan fingerprint density at radius 2 is 1.88 bits per heavy atom. The van der Waals surface area contributed by atoms with Crippen molar-refractivity contribution in [3.8, 4) is 0 Å². The van der Waals surface area contributed by atoms with Crippen molar-refractivity contribution in [3.05, 3.63) is 11.7 Å². The van der Waals surface area contributed by atoms with Crippen LogP contribution >= 0.6 is 0 Å². The molecule has 0 amide bonds. The number of halogens is 5. The van der Waals surface area contributed by atoms with Crippen LogP contribution < -0.4 is 10.6 Å². The van der Waals surface area contributed by atoms with Gasteiger partial charge in [0, 0.05) is 12.1 Å². The molecule has 0 radical (unpaired) electrons. The molecule has 0 saturated carbocycles. The molecule has 1 unspecified atom stereocenters. The number of rotatable bonds is 5. The van der Waals surface area contributed by atoms with E-state index in [9.17, 15) is 26.7 Å². The number of aromatic nitrogens is 3. The summed E-state index contributed by atoms with van der Waals surface area (Å²) in [5, 5.41) is 4.75. The van der Waals surface area contributed by atoms with Gasteiger partial charge in [-0.25, -0.2) is 8.78 Å². The predicted octanol–water partition coefficient (Wildman–Crippen LogP) is 3.05. The number of nitrogens with one attached hydrogen (secondary N) is 2. The number of hydrogen-bond donors (Lipinski definition) is 2. The lowest BCUT2D eigenvalue weighted by Gasteiger charge is -2.19. The Balaban J connectivity index is 2.43. The summed E-state index contributed by atoms with van der Waals surface area (Å²) in [4.78, 5) is 22.9. The lowest BCUT2D eigenvalue weighted by molar-refractivity contribution is -0.138. The molecule has 25 heavy (non-hydrogen) atoms. The molecule has 138 valence electrons. The van der Waals surface area contributed by atoms with E-state index < -0.39 is 35.9 Å². The highest BCUT2D eigenvalue weighted by Gasteiger charge is 2.37. The van der Waals surface area contributed by atoms with Gasteiger partial charge in [0.1, 0.15) is 6.04 Å². The van der Waals surface area contributed by atoms with E-state index in [2.05, 4.69) is 25.6 Å². The Kier molecular flexibility index (Phi) is 5.53. The number of Topliss-reactive ketones (excluding diaryl/α,β-unsaturated/α-hetero) is 1. The summed E-state index contributed by atoms with van der Waals surface area (Å²) in [5.74, 6) is -3.45. The van der Waals surface area contributed by atoms with Gasteiger partial charge >= 0.3 is 6.18 Å². The zero-order chi connectivity index (χ0) is 18.8. The zero-order valence-corrected chi connectivity index (χ0v) is 13.4. The molecule has 1 aromatic heterocycles. The van der Waals surface area contributed by atoms with Gasteiger partial charge in [-0.1, -0.05) is 0 Å². The standard InChI is InChI=1S/C14H16F5N5O/c1-3-20-12-22-11(7-4-5-8(15)10(25)9(7)16)23-13(24-12)21-6(2)14(17,18)19/h6,8H,3-5H2,1-2H3,(H2,20,21,22,23,24)/t6-,8?/m1/s1. The Morgan fingerprint density at radius 3 is 2.48 bits per heavy atom.